The van der Waals surface area contributed by atoms with E-state index in [2.05, 4.69) is 10.2 Å². The Labute approximate surface area is 144 Å². The minimum absolute atomic E-state index is 0.0157. The molecule has 1 N–H and O–H groups in total. The maximum absolute atomic E-state index is 12.6. The number of hydrogen-bond donors (Lipinski definition) is 1. The SMILES string of the molecule is O=C(CN1CCC(C(=O)N2CCCCC2)CC1)Nc1ccccc1. The van der Waals surface area contributed by atoms with Gasteiger partial charge in [0.25, 0.3) is 0 Å². The number of carbonyl (C=O) groups is 2. The van der Waals surface area contributed by atoms with E-state index in [1.54, 1.807) is 0 Å². The smallest absolute Gasteiger partial charge is 0.238 e. The molecule has 0 aliphatic carbocycles. The fourth-order valence-corrected chi connectivity index (χ4v) is 3.64. The summed E-state index contributed by atoms with van der Waals surface area (Å²) in [6, 6.07) is 9.53. The lowest BCUT2D eigenvalue weighted by atomic mass is 9.94. The van der Waals surface area contributed by atoms with Crippen molar-refractivity contribution >= 4 is 17.5 Å². The molecule has 2 amide bonds. The van der Waals surface area contributed by atoms with Crippen molar-refractivity contribution in [1.82, 2.24) is 9.80 Å². The van der Waals surface area contributed by atoms with Gasteiger partial charge in [0.15, 0.2) is 0 Å². The zero-order valence-electron chi connectivity index (χ0n) is 14.2. The Morgan fingerprint density at radius 2 is 1.62 bits per heavy atom. The minimum atomic E-state index is 0.0157. The first-order chi connectivity index (χ1) is 11.7. The number of rotatable bonds is 4. The molecule has 2 aliphatic heterocycles. The van der Waals surface area contributed by atoms with Gasteiger partial charge in [0.1, 0.15) is 0 Å². The largest absolute Gasteiger partial charge is 0.342 e. The van der Waals surface area contributed by atoms with Crippen LogP contribution in [-0.4, -0.2) is 54.3 Å². The van der Waals surface area contributed by atoms with Gasteiger partial charge in [-0.2, -0.15) is 0 Å². The second kappa shape index (κ2) is 8.29. The number of para-hydroxylation sites is 1. The number of amides is 2. The molecule has 24 heavy (non-hydrogen) atoms. The van der Waals surface area contributed by atoms with Crippen LogP contribution in [0.3, 0.4) is 0 Å². The first-order valence-corrected chi connectivity index (χ1v) is 9.08. The van der Waals surface area contributed by atoms with E-state index in [1.165, 1.54) is 6.42 Å². The zero-order chi connectivity index (χ0) is 16.8. The zero-order valence-corrected chi connectivity index (χ0v) is 14.2. The number of nitrogens with zero attached hydrogens (tertiary/aromatic N) is 2. The molecular weight excluding hydrogens is 302 g/mol. The first-order valence-electron chi connectivity index (χ1n) is 9.08. The molecule has 0 aromatic heterocycles. The molecule has 5 heteroatoms. The molecule has 0 radical (unpaired) electrons. The Bertz CT molecular complexity index is 547. The maximum Gasteiger partial charge on any atom is 0.238 e. The van der Waals surface area contributed by atoms with E-state index in [-0.39, 0.29) is 11.8 Å². The summed E-state index contributed by atoms with van der Waals surface area (Å²) in [5.74, 6) is 0.502. The van der Waals surface area contributed by atoms with Gasteiger partial charge >= 0.3 is 0 Å². The Hall–Kier alpha value is -1.88. The third-order valence-corrected chi connectivity index (χ3v) is 5.03. The number of anilines is 1. The van der Waals surface area contributed by atoms with E-state index in [1.807, 2.05) is 35.2 Å². The Kier molecular flexibility index (Phi) is 5.86. The van der Waals surface area contributed by atoms with Crippen LogP contribution in [-0.2, 0) is 9.59 Å². The lowest BCUT2D eigenvalue weighted by molar-refractivity contribution is -0.138. The van der Waals surface area contributed by atoms with Crippen LogP contribution in [0.25, 0.3) is 0 Å². The van der Waals surface area contributed by atoms with E-state index < -0.39 is 0 Å². The summed E-state index contributed by atoms with van der Waals surface area (Å²) in [5, 5.41) is 2.92. The van der Waals surface area contributed by atoms with Crippen LogP contribution in [0.5, 0.6) is 0 Å². The van der Waals surface area contributed by atoms with Crippen molar-refractivity contribution in [2.75, 3.05) is 38.0 Å². The third-order valence-electron chi connectivity index (χ3n) is 5.03. The predicted molar refractivity (Wildman–Crippen MR) is 94.7 cm³/mol. The van der Waals surface area contributed by atoms with Crippen molar-refractivity contribution in [3.05, 3.63) is 30.3 Å². The highest BCUT2D eigenvalue weighted by Gasteiger charge is 2.29. The van der Waals surface area contributed by atoms with Gasteiger partial charge in [0.2, 0.25) is 11.8 Å². The van der Waals surface area contributed by atoms with Crippen molar-refractivity contribution in [3.8, 4) is 0 Å². The molecule has 2 saturated heterocycles. The molecule has 130 valence electrons. The number of carbonyl (C=O) groups excluding carboxylic acids is 2. The normalized spacial score (nSPS) is 19.9. The molecule has 0 spiro atoms. The Balaban J connectivity index is 1.41. The van der Waals surface area contributed by atoms with E-state index in [0.29, 0.717) is 12.5 Å². The lowest BCUT2D eigenvalue weighted by Gasteiger charge is -2.35. The molecule has 0 unspecified atom stereocenters. The van der Waals surface area contributed by atoms with E-state index in [4.69, 9.17) is 0 Å². The summed E-state index contributed by atoms with van der Waals surface area (Å²) in [7, 11) is 0. The quantitative estimate of drug-likeness (QED) is 0.922. The molecule has 2 fully saturated rings. The molecule has 2 heterocycles. The van der Waals surface area contributed by atoms with Gasteiger partial charge < -0.3 is 10.2 Å². The van der Waals surface area contributed by atoms with Gasteiger partial charge in [-0.25, -0.2) is 0 Å². The fraction of sp³-hybridized carbons (Fsp3) is 0.579. The summed E-state index contributed by atoms with van der Waals surface area (Å²) >= 11 is 0. The highest BCUT2D eigenvalue weighted by atomic mass is 16.2. The molecule has 2 aliphatic rings. The number of piperidine rings is 2. The molecule has 1 aromatic rings. The average molecular weight is 329 g/mol. The van der Waals surface area contributed by atoms with E-state index >= 15 is 0 Å². The van der Waals surface area contributed by atoms with Gasteiger partial charge in [-0.1, -0.05) is 18.2 Å². The van der Waals surface area contributed by atoms with Gasteiger partial charge in [0, 0.05) is 24.7 Å². The van der Waals surface area contributed by atoms with Gasteiger partial charge in [-0.15, -0.1) is 0 Å². The van der Waals surface area contributed by atoms with Crippen LogP contribution in [0.4, 0.5) is 5.69 Å². The number of benzene rings is 1. The van der Waals surface area contributed by atoms with Gasteiger partial charge in [-0.3, -0.25) is 14.5 Å². The van der Waals surface area contributed by atoms with E-state index in [9.17, 15) is 9.59 Å². The van der Waals surface area contributed by atoms with Crippen LogP contribution in [0, 0.1) is 5.92 Å². The molecular formula is C19H27N3O2. The standard InChI is InChI=1S/C19H27N3O2/c23-18(20-17-7-3-1-4-8-17)15-21-13-9-16(10-14-21)19(24)22-11-5-2-6-12-22/h1,3-4,7-8,16H,2,5-6,9-15H2,(H,20,23). The fourth-order valence-electron chi connectivity index (χ4n) is 3.64. The number of hydrogen-bond acceptors (Lipinski definition) is 3. The minimum Gasteiger partial charge on any atom is -0.342 e. The molecule has 3 rings (SSSR count). The van der Waals surface area contributed by atoms with Crippen LogP contribution in [0.1, 0.15) is 32.1 Å². The topological polar surface area (TPSA) is 52.7 Å². The maximum atomic E-state index is 12.6. The Morgan fingerprint density at radius 3 is 2.29 bits per heavy atom. The number of likely N-dealkylation sites (tertiary alicyclic amines) is 2. The monoisotopic (exact) mass is 329 g/mol. The van der Waals surface area contributed by atoms with Crippen molar-refractivity contribution in [2.24, 2.45) is 5.92 Å². The summed E-state index contributed by atoms with van der Waals surface area (Å²) in [5.41, 5.74) is 0.831. The molecule has 0 saturated carbocycles. The third kappa shape index (κ3) is 4.57. The first kappa shape index (κ1) is 17.0. The number of nitrogens with one attached hydrogen (secondary N) is 1. The van der Waals surface area contributed by atoms with Gasteiger partial charge in [0.05, 0.1) is 6.54 Å². The van der Waals surface area contributed by atoms with Crippen molar-refractivity contribution in [3.63, 3.8) is 0 Å². The summed E-state index contributed by atoms with van der Waals surface area (Å²) in [6.07, 6.45) is 5.27. The van der Waals surface area contributed by atoms with Crippen molar-refractivity contribution in [2.45, 2.75) is 32.1 Å². The average Bonchev–Trinajstić information content (AvgIpc) is 2.63. The van der Waals surface area contributed by atoms with Gasteiger partial charge in [-0.05, 0) is 57.3 Å². The van der Waals surface area contributed by atoms with Crippen LogP contribution in [0.2, 0.25) is 0 Å². The van der Waals surface area contributed by atoms with Crippen molar-refractivity contribution in [1.29, 1.82) is 0 Å². The molecule has 0 atom stereocenters. The summed E-state index contributed by atoms with van der Waals surface area (Å²) in [4.78, 5) is 28.9. The summed E-state index contributed by atoms with van der Waals surface area (Å²) < 4.78 is 0. The molecule has 1 aromatic carbocycles. The molecule has 0 bridgehead atoms. The van der Waals surface area contributed by atoms with E-state index in [0.717, 1.165) is 57.5 Å². The van der Waals surface area contributed by atoms with Crippen LogP contribution >= 0.6 is 0 Å². The predicted octanol–water partition coefficient (Wildman–Crippen LogP) is 2.35. The second-order valence-corrected chi connectivity index (χ2v) is 6.85. The summed E-state index contributed by atoms with van der Waals surface area (Å²) in [6.45, 7) is 3.91. The van der Waals surface area contributed by atoms with Crippen LogP contribution in [0.15, 0.2) is 30.3 Å². The second-order valence-electron chi connectivity index (χ2n) is 6.85. The highest BCUT2D eigenvalue weighted by Crippen LogP contribution is 2.21. The Morgan fingerprint density at radius 1 is 0.958 bits per heavy atom. The van der Waals surface area contributed by atoms with Crippen molar-refractivity contribution < 1.29 is 9.59 Å². The highest BCUT2D eigenvalue weighted by molar-refractivity contribution is 5.92. The van der Waals surface area contributed by atoms with Crippen LogP contribution < -0.4 is 5.32 Å². The molecule has 5 nitrogen and oxygen atoms in total. The lowest BCUT2D eigenvalue weighted by Crippen LogP contribution is -2.45.